The minimum Gasteiger partial charge on any atom is -0.349 e. The van der Waals surface area contributed by atoms with Crippen LogP contribution in [-0.4, -0.2) is 34.5 Å². The first-order chi connectivity index (χ1) is 9.81. The molecule has 1 heterocycles. The average molecular weight is 332 g/mol. The van der Waals surface area contributed by atoms with Crippen LogP contribution in [0.25, 0.3) is 11.0 Å². The lowest BCUT2D eigenvalue weighted by Crippen LogP contribution is -2.23. The number of benzene rings is 1. The van der Waals surface area contributed by atoms with Gasteiger partial charge in [-0.2, -0.15) is 0 Å². The number of amides is 1. The van der Waals surface area contributed by atoms with Crippen molar-refractivity contribution in [2.75, 3.05) is 14.1 Å². The number of fused-ring (bicyclic) bond motifs is 1. The number of hydrogen-bond acceptors (Lipinski definition) is 2. The number of aryl methyl sites for hydroxylation is 1. The van der Waals surface area contributed by atoms with Crippen molar-refractivity contribution in [2.24, 2.45) is 0 Å². The van der Waals surface area contributed by atoms with Gasteiger partial charge in [-0.1, -0.05) is 11.6 Å². The molecule has 1 aromatic heterocycles. The van der Waals surface area contributed by atoms with E-state index in [1.807, 2.05) is 0 Å². The number of rotatable bonds is 4. The summed E-state index contributed by atoms with van der Waals surface area (Å²) in [7, 11) is 3.39. The molecule has 1 atom stereocenters. The van der Waals surface area contributed by atoms with Gasteiger partial charge in [0.1, 0.15) is 11.6 Å². The van der Waals surface area contributed by atoms with E-state index in [0.29, 0.717) is 29.8 Å². The molecule has 1 amide bonds. The summed E-state index contributed by atoms with van der Waals surface area (Å²) in [4.78, 5) is 17.6. The summed E-state index contributed by atoms with van der Waals surface area (Å²) in [6.45, 7) is 2.17. The number of carbonyl (C=O) groups excluding carboxylic acids is 1. The van der Waals surface area contributed by atoms with E-state index < -0.39 is 5.82 Å². The molecule has 114 valence electrons. The second-order valence-electron chi connectivity index (χ2n) is 5.03. The van der Waals surface area contributed by atoms with E-state index in [0.717, 1.165) is 0 Å². The van der Waals surface area contributed by atoms with Gasteiger partial charge in [-0.3, -0.25) is 4.79 Å². The summed E-state index contributed by atoms with van der Waals surface area (Å²) in [5, 5.41) is -0.334. The minimum atomic E-state index is -0.516. The molecule has 7 heteroatoms. The highest BCUT2D eigenvalue weighted by molar-refractivity contribution is 6.31. The van der Waals surface area contributed by atoms with Crippen molar-refractivity contribution >= 4 is 40.1 Å². The van der Waals surface area contributed by atoms with Crippen LogP contribution in [0.4, 0.5) is 4.39 Å². The van der Waals surface area contributed by atoms with E-state index >= 15 is 0 Å². The lowest BCUT2D eigenvalue weighted by atomic mass is 10.3. The van der Waals surface area contributed by atoms with E-state index in [-0.39, 0.29) is 16.3 Å². The zero-order valence-electron chi connectivity index (χ0n) is 12.0. The molecule has 0 N–H and O–H groups in total. The summed E-state index contributed by atoms with van der Waals surface area (Å²) >= 11 is 11.9. The summed E-state index contributed by atoms with van der Waals surface area (Å²) in [6, 6.07) is 2.80. The maximum Gasteiger partial charge on any atom is 0.223 e. The fourth-order valence-corrected chi connectivity index (χ4v) is 2.43. The minimum absolute atomic E-state index is 0.0144. The van der Waals surface area contributed by atoms with Gasteiger partial charge in [0, 0.05) is 33.1 Å². The van der Waals surface area contributed by atoms with Gasteiger partial charge >= 0.3 is 0 Å². The van der Waals surface area contributed by atoms with Gasteiger partial charge in [0.15, 0.2) is 0 Å². The van der Waals surface area contributed by atoms with E-state index in [9.17, 15) is 9.18 Å². The monoisotopic (exact) mass is 331 g/mol. The molecular weight excluding hydrogens is 316 g/mol. The fraction of sp³-hybridized carbons (Fsp3) is 0.429. The topological polar surface area (TPSA) is 38.1 Å². The molecule has 0 radical (unpaired) electrons. The Morgan fingerprint density at radius 3 is 2.71 bits per heavy atom. The molecule has 0 aliphatic rings. The largest absolute Gasteiger partial charge is 0.349 e. The highest BCUT2D eigenvalue weighted by Crippen LogP contribution is 2.28. The summed E-state index contributed by atoms with van der Waals surface area (Å²) in [5.41, 5.74) is 1.16. The predicted octanol–water partition coefficient (Wildman–Crippen LogP) is 3.61. The van der Waals surface area contributed by atoms with Crippen molar-refractivity contribution in [3.8, 4) is 0 Å². The molecule has 0 fully saturated rings. The zero-order valence-corrected chi connectivity index (χ0v) is 13.5. The number of halogens is 3. The van der Waals surface area contributed by atoms with Crippen LogP contribution in [0, 0.1) is 5.82 Å². The Hall–Kier alpha value is -1.33. The second-order valence-corrected chi connectivity index (χ2v) is 6.09. The predicted molar refractivity (Wildman–Crippen MR) is 82.3 cm³/mol. The quantitative estimate of drug-likeness (QED) is 0.802. The number of nitrogens with zero attached hydrogens (tertiary/aromatic N) is 3. The molecule has 0 spiro atoms. The van der Waals surface area contributed by atoms with Crippen LogP contribution in [-0.2, 0) is 11.3 Å². The van der Waals surface area contributed by atoms with Gasteiger partial charge in [-0.25, -0.2) is 9.37 Å². The number of carbonyl (C=O) groups is 1. The lowest BCUT2D eigenvalue weighted by molar-refractivity contribution is -0.128. The van der Waals surface area contributed by atoms with Crippen molar-refractivity contribution < 1.29 is 9.18 Å². The average Bonchev–Trinajstić information content (AvgIpc) is 2.74. The number of alkyl halides is 1. The zero-order chi connectivity index (χ0) is 15.7. The maximum atomic E-state index is 13.7. The molecule has 4 nitrogen and oxygen atoms in total. The van der Waals surface area contributed by atoms with Crippen LogP contribution in [0.2, 0.25) is 5.02 Å². The van der Waals surface area contributed by atoms with Gasteiger partial charge < -0.3 is 9.47 Å². The van der Waals surface area contributed by atoms with E-state index in [2.05, 4.69) is 4.98 Å². The summed E-state index contributed by atoms with van der Waals surface area (Å²) in [6.07, 6.45) is 0.291. The lowest BCUT2D eigenvalue weighted by Gasteiger charge is -2.13. The van der Waals surface area contributed by atoms with Gasteiger partial charge in [-0.05, 0) is 13.0 Å². The molecule has 0 aliphatic heterocycles. The Labute approximate surface area is 132 Å². The highest BCUT2D eigenvalue weighted by atomic mass is 35.5. The third-order valence-corrected chi connectivity index (χ3v) is 3.71. The molecule has 0 saturated carbocycles. The molecule has 1 aromatic carbocycles. The molecule has 21 heavy (non-hydrogen) atoms. The van der Waals surface area contributed by atoms with Crippen molar-refractivity contribution in [1.82, 2.24) is 14.5 Å². The van der Waals surface area contributed by atoms with Crippen molar-refractivity contribution in [3.63, 3.8) is 0 Å². The molecule has 0 saturated heterocycles. The molecule has 0 aliphatic carbocycles. The first-order valence-electron chi connectivity index (χ1n) is 6.50. The van der Waals surface area contributed by atoms with Crippen molar-refractivity contribution in [3.05, 3.63) is 28.8 Å². The maximum absolute atomic E-state index is 13.7. The third kappa shape index (κ3) is 3.30. The molecule has 1 unspecified atom stereocenters. The van der Waals surface area contributed by atoms with Crippen LogP contribution in [0.15, 0.2) is 12.1 Å². The van der Waals surface area contributed by atoms with Crippen molar-refractivity contribution in [2.45, 2.75) is 25.3 Å². The van der Waals surface area contributed by atoms with Crippen LogP contribution in [0.5, 0.6) is 0 Å². The Balaban J connectivity index is 2.46. The number of imidazole rings is 1. The van der Waals surface area contributed by atoms with Gasteiger partial charge in [0.25, 0.3) is 0 Å². The molecule has 2 aromatic rings. The number of aromatic nitrogens is 2. The Bertz CT molecular complexity index is 682. The van der Waals surface area contributed by atoms with Crippen LogP contribution in [0.1, 0.15) is 24.5 Å². The standard InChI is InChI=1S/C14H16Cl2FN3O/c1-8(15)14-18-11-6-9(16)10(17)7-12(11)20(14)5-4-13(21)19(2)3/h6-8H,4-5H2,1-3H3. The first kappa shape index (κ1) is 16.0. The molecule has 2 rings (SSSR count). The fourth-order valence-electron chi connectivity index (χ4n) is 2.11. The Morgan fingerprint density at radius 1 is 1.48 bits per heavy atom. The Morgan fingerprint density at radius 2 is 2.14 bits per heavy atom. The molecule has 0 bridgehead atoms. The highest BCUT2D eigenvalue weighted by Gasteiger charge is 2.18. The Kier molecular flexibility index (Phi) is 4.74. The van der Waals surface area contributed by atoms with Crippen LogP contribution < -0.4 is 0 Å². The van der Waals surface area contributed by atoms with Crippen LogP contribution in [0.3, 0.4) is 0 Å². The third-order valence-electron chi connectivity index (χ3n) is 3.22. The first-order valence-corrected chi connectivity index (χ1v) is 7.32. The van der Waals surface area contributed by atoms with E-state index in [4.69, 9.17) is 23.2 Å². The second kappa shape index (κ2) is 6.20. The SMILES string of the molecule is CC(Cl)c1nc2cc(Cl)c(F)cc2n1CCC(=O)N(C)C. The normalized spacial score (nSPS) is 12.7. The van der Waals surface area contributed by atoms with E-state index in [1.165, 1.54) is 17.0 Å². The van der Waals surface area contributed by atoms with Crippen molar-refractivity contribution in [1.29, 1.82) is 0 Å². The number of hydrogen-bond donors (Lipinski definition) is 0. The summed E-state index contributed by atoms with van der Waals surface area (Å²) in [5.74, 6) is 0.0670. The van der Waals surface area contributed by atoms with Gasteiger partial charge in [0.2, 0.25) is 5.91 Å². The van der Waals surface area contributed by atoms with Crippen LogP contribution >= 0.6 is 23.2 Å². The smallest absolute Gasteiger partial charge is 0.223 e. The molecular formula is C14H16Cl2FN3O. The van der Waals surface area contributed by atoms with Gasteiger partial charge in [-0.15, -0.1) is 11.6 Å². The van der Waals surface area contributed by atoms with Gasteiger partial charge in [0.05, 0.1) is 21.4 Å². The summed E-state index contributed by atoms with van der Waals surface area (Å²) < 4.78 is 15.5. The van der Waals surface area contributed by atoms with E-state index in [1.54, 1.807) is 25.6 Å².